The number of anilines is 1. The molecule has 94 valence electrons. The fourth-order valence-electron chi connectivity index (χ4n) is 1.98. The molecule has 1 heterocycles. The maximum absolute atomic E-state index is 6.09. The maximum Gasteiger partial charge on any atom is 0.221 e. The van der Waals surface area contributed by atoms with Gasteiger partial charge in [0, 0.05) is 11.3 Å². The van der Waals surface area contributed by atoms with Crippen LogP contribution in [0.3, 0.4) is 0 Å². The number of hydrogen-bond donors (Lipinski definition) is 1. The molecule has 2 N–H and O–H groups in total. The molecule has 0 atom stereocenters. The van der Waals surface area contributed by atoms with Crippen LogP contribution in [-0.2, 0) is 12.8 Å². The molecule has 2 rings (SSSR count). The molecule has 0 spiro atoms. The van der Waals surface area contributed by atoms with E-state index < -0.39 is 0 Å². The Kier molecular flexibility index (Phi) is 4.15. The zero-order valence-corrected chi connectivity index (χ0v) is 11.1. The molecular weight excluding hydrogens is 246 g/mol. The predicted octanol–water partition coefficient (Wildman–Crippen LogP) is 3.20. The number of aromatic nitrogens is 2. The van der Waals surface area contributed by atoms with E-state index in [0.29, 0.717) is 5.15 Å². The van der Waals surface area contributed by atoms with Crippen LogP contribution >= 0.6 is 11.6 Å². The highest BCUT2D eigenvalue weighted by Gasteiger charge is 2.08. The molecule has 0 radical (unpaired) electrons. The third-order valence-electron chi connectivity index (χ3n) is 2.92. The van der Waals surface area contributed by atoms with E-state index >= 15 is 0 Å². The molecule has 0 aliphatic rings. The summed E-state index contributed by atoms with van der Waals surface area (Å²) in [5.41, 5.74) is 8.75. The van der Waals surface area contributed by atoms with Crippen molar-refractivity contribution in [2.45, 2.75) is 26.2 Å². The number of nitrogen functional groups attached to an aromatic ring is 1. The van der Waals surface area contributed by atoms with Gasteiger partial charge in [-0.05, 0) is 31.7 Å². The zero-order valence-electron chi connectivity index (χ0n) is 10.4. The SMILES string of the molecule is Cc1nc(N)nc(Cl)c1CCCc1ccccc1. The summed E-state index contributed by atoms with van der Waals surface area (Å²) < 4.78 is 0. The van der Waals surface area contributed by atoms with Gasteiger partial charge in [0.1, 0.15) is 5.15 Å². The minimum Gasteiger partial charge on any atom is -0.368 e. The van der Waals surface area contributed by atoms with Crippen molar-refractivity contribution in [2.24, 2.45) is 0 Å². The second kappa shape index (κ2) is 5.83. The van der Waals surface area contributed by atoms with Gasteiger partial charge in [-0.1, -0.05) is 41.9 Å². The number of halogens is 1. The van der Waals surface area contributed by atoms with Crippen LogP contribution in [0, 0.1) is 6.92 Å². The standard InChI is InChI=1S/C14H16ClN3/c1-10-12(13(15)18-14(16)17-10)9-5-8-11-6-3-2-4-7-11/h2-4,6-7H,5,8-9H2,1H3,(H2,16,17,18). The summed E-state index contributed by atoms with van der Waals surface area (Å²) in [4.78, 5) is 8.13. The van der Waals surface area contributed by atoms with Crippen molar-refractivity contribution in [3.05, 3.63) is 52.3 Å². The van der Waals surface area contributed by atoms with Crippen molar-refractivity contribution in [2.75, 3.05) is 5.73 Å². The van der Waals surface area contributed by atoms with Gasteiger partial charge in [0.05, 0.1) is 0 Å². The lowest BCUT2D eigenvalue weighted by atomic mass is 10.0. The van der Waals surface area contributed by atoms with Gasteiger partial charge in [-0.3, -0.25) is 0 Å². The Morgan fingerprint density at radius 3 is 2.50 bits per heavy atom. The van der Waals surface area contributed by atoms with E-state index in [1.54, 1.807) is 0 Å². The number of rotatable bonds is 4. The quantitative estimate of drug-likeness (QED) is 0.860. The van der Waals surface area contributed by atoms with E-state index in [-0.39, 0.29) is 5.95 Å². The summed E-state index contributed by atoms with van der Waals surface area (Å²) in [5, 5.41) is 0.480. The van der Waals surface area contributed by atoms with Crippen molar-refractivity contribution in [1.29, 1.82) is 0 Å². The molecule has 0 bridgehead atoms. The van der Waals surface area contributed by atoms with E-state index in [9.17, 15) is 0 Å². The summed E-state index contributed by atoms with van der Waals surface area (Å²) >= 11 is 6.09. The highest BCUT2D eigenvalue weighted by atomic mass is 35.5. The van der Waals surface area contributed by atoms with Gasteiger partial charge in [-0.25, -0.2) is 9.97 Å². The lowest BCUT2D eigenvalue weighted by molar-refractivity contribution is 0.805. The van der Waals surface area contributed by atoms with Gasteiger partial charge in [-0.2, -0.15) is 0 Å². The fraction of sp³-hybridized carbons (Fsp3) is 0.286. The maximum atomic E-state index is 6.09. The van der Waals surface area contributed by atoms with Gasteiger partial charge < -0.3 is 5.73 Å². The van der Waals surface area contributed by atoms with Crippen molar-refractivity contribution in [3.63, 3.8) is 0 Å². The predicted molar refractivity (Wildman–Crippen MR) is 74.7 cm³/mol. The minimum absolute atomic E-state index is 0.240. The summed E-state index contributed by atoms with van der Waals surface area (Å²) in [6.07, 6.45) is 2.93. The molecule has 3 nitrogen and oxygen atoms in total. The van der Waals surface area contributed by atoms with Gasteiger partial charge in [-0.15, -0.1) is 0 Å². The lowest BCUT2D eigenvalue weighted by Crippen LogP contribution is -2.03. The molecule has 0 saturated carbocycles. The first kappa shape index (κ1) is 12.8. The van der Waals surface area contributed by atoms with Gasteiger partial charge >= 0.3 is 0 Å². The van der Waals surface area contributed by atoms with Crippen LogP contribution in [0.15, 0.2) is 30.3 Å². The van der Waals surface area contributed by atoms with Crippen LogP contribution in [-0.4, -0.2) is 9.97 Å². The van der Waals surface area contributed by atoms with Gasteiger partial charge in [0.25, 0.3) is 0 Å². The number of aryl methyl sites for hydroxylation is 2. The van der Waals surface area contributed by atoms with E-state index in [1.807, 2.05) is 13.0 Å². The summed E-state index contributed by atoms with van der Waals surface area (Å²) in [5.74, 6) is 0.240. The Morgan fingerprint density at radius 1 is 1.11 bits per heavy atom. The molecule has 0 amide bonds. The number of nitrogens with zero attached hydrogens (tertiary/aromatic N) is 2. The van der Waals surface area contributed by atoms with Crippen LogP contribution in [0.4, 0.5) is 5.95 Å². The van der Waals surface area contributed by atoms with Crippen LogP contribution in [0.2, 0.25) is 5.15 Å². The van der Waals surface area contributed by atoms with Crippen LogP contribution in [0.1, 0.15) is 23.2 Å². The number of hydrogen-bond acceptors (Lipinski definition) is 3. The average Bonchev–Trinajstić information content (AvgIpc) is 2.34. The molecule has 4 heteroatoms. The topological polar surface area (TPSA) is 51.8 Å². The third kappa shape index (κ3) is 3.20. The molecule has 0 aliphatic carbocycles. The van der Waals surface area contributed by atoms with Gasteiger partial charge in [0.2, 0.25) is 5.95 Å². The largest absolute Gasteiger partial charge is 0.368 e. The highest BCUT2D eigenvalue weighted by molar-refractivity contribution is 6.30. The molecule has 2 aromatic rings. The smallest absolute Gasteiger partial charge is 0.221 e. The van der Waals surface area contributed by atoms with Crippen LogP contribution in [0.5, 0.6) is 0 Å². The summed E-state index contributed by atoms with van der Waals surface area (Å²) in [6, 6.07) is 10.4. The van der Waals surface area contributed by atoms with Crippen molar-refractivity contribution >= 4 is 17.5 Å². The van der Waals surface area contributed by atoms with Crippen LogP contribution in [0.25, 0.3) is 0 Å². The Morgan fingerprint density at radius 2 is 1.83 bits per heavy atom. The molecule has 1 aromatic heterocycles. The number of benzene rings is 1. The Bertz CT molecular complexity index is 503. The first-order valence-electron chi connectivity index (χ1n) is 5.99. The first-order chi connectivity index (χ1) is 8.66. The zero-order chi connectivity index (χ0) is 13.0. The summed E-state index contributed by atoms with van der Waals surface area (Å²) in [6.45, 7) is 1.92. The van der Waals surface area contributed by atoms with Crippen molar-refractivity contribution in [1.82, 2.24) is 9.97 Å². The Hall–Kier alpha value is -1.61. The second-order valence-electron chi connectivity index (χ2n) is 4.28. The van der Waals surface area contributed by atoms with E-state index in [4.69, 9.17) is 17.3 Å². The normalized spacial score (nSPS) is 10.6. The molecule has 0 fully saturated rings. The Balaban J connectivity index is 1.99. The van der Waals surface area contributed by atoms with E-state index in [2.05, 4.69) is 34.2 Å². The van der Waals surface area contributed by atoms with Crippen LogP contribution < -0.4 is 5.73 Å². The third-order valence-corrected chi connectivity index (χ3v) is 3.23. The molecule has 0 saturated heterocycles. The Labute approximate surface area is 112 Å². The fourth-order valence-corrected chi connectivity index (χ4v) is 2.30. The van der Waals surface area contributed by atoms with Gasteiger partial charge in [0.15, 0.2) is 0 Å². The first-order valence-corrected chi connectivity index (χ1v) is 6.37. The molecule has 0 aliphatic heterocycles. The minimum atomic E-state index is 0.240. The van der Waals surface area contributed by atoms with E-state index in [0.717, 1.165) is 30.5 Å². The van der Waals surface area contributed by atoms with Crippen molar-refractivity contribution < 1.29 is 0 Å². The highest BCUT2D eigenvalue weighted by Crippen LogP contribution is 2.19. The monoisotopic (exact) mass is 261 g/mol. The molecular formula is C14H16ClN3. The van der Waals surface area contributed by atoms with Crippen molar-refractivity contribution in [3.8, 4) is 0 Å². The molecule has 18 heavy (non-hydrogen) atoms. The average molecular weight is 262 g/mol. The second-order valence-corrected chi connectivity index (χ2v) is 4.63. The summed E-state index contributed by atoms with van der Waals surface area (Å²) in [7, 11) is 0. The molecule has 0 unspecified atom stereocenters. The lowest BCUT2D eigenvalue weighted by Gasteiger charge is -2.07. The van der Waals surface area contributed by atoms with E-state index in [1.165, 1.54) is 5.56 Å². The number of nitrogens with two attached hydrogens (primary N) is 1. The molecule has 1 aromatic carbocycles.